The molecule has 1 aromatic heterocycles. The zero-order valence-electron chi connectivity index (χ0n) is 9.41. The number of rotatable bonds is 2. The first-order valence-corrected chi connectivity index (χ1v) is 5.91. The number of hydrogen-bond acceptors (Lipinski definition) is 7. The number of aliphatic hydroxyl groups excluding tert-OH is 3. The van der Waals surface area contributed by atoms with Crippen LogP contribution in [0.15, 0.2) is 17.1 Å². The molecule has 0 radical (unpaired) electrons. The van der Waals surface area contributed by atoms with Gasteiger partial charge in [0, 0.05) is 6.20 Å². The van der Waals surface area contributed by atoms with Gasteiger partial charge in [-0.25, -0.2) is 9.00 Å². The van der Waals surface area contributed by atoms with Crippen molar-refractivity contribution in [1.29, 1.82) is 0 Å². The van der Waals surface area contributed by atoms with Crippen LogP contribution in [0.5, 0.6) is 0 Å². The first-order chi connectivity index (χ1) is 8.95. The summed E-state index contributed by atoms with van der Waals surface area (Å²) in [5.41, 5.74) is 4.53. The normalized spacial score (nSPS) is 30.3. The molecule has 0 spiro atoms. The van der Waals surface area contributed by atoms with Crippen molar-refractivity contribution in [3.05, 3.63) is 22.7 Å². The van der Waals surface area contributed by atoms with E-state index in [4.69, 9.17) is 10.5 Å². The Labute approximate surface area is 110 Å². The van der Waals surface area contributed by atoms with Gasteiger partial charge in [-0.05, 0) is 6.07 Å². The van der Waals surface area contributed by atoms with Gasteiger partial charge in [-0.15, -0.1) is 0 Å². The van der Waals surface area contributed by atoms with Crippen molar-refractivity contribution in [2.45, 2.75) is 24.5 Å². The second-order valence-electron chi connectivity index (χ2n) is 3.89. The molecule has 10 heteroatoms. The van der Waals surface area contributed by atoms with E-state index in [0.717, 1.165) is 4.57 Å². The molecule has 1 aliphatic heterocycles. The number of anilines is 1. The highest BCUT2D eigenvalue weighted by molar-refractivity contribution is 7.66. The van der Waals surface area contributed by atoms with Gasteiger partial charge in [-0.2, -0.15) is 4.98 Å². The molecule has 1 saturated heterocycles. The average molecular weight is 289 g/mol. The van der Waals surface area contributed by atoms with Gasteiger partial charge >= 0.3 is 5.69 Å². The molecule has 0 saturated carbocycles. The van der Waals surface area contributed by atoms with Gasteiger partial charge in [0.1, 0.15) is 35.4 Å². The summed E-state index contributed by atoms with van der Waals surface area (Å²) >= 11 is -0.265. The Balaban J connectivity index is 2.37. The molecule has 0 aliphatic carbocycles. The summed E-state index contributed by atoms with van der Waals surface area (Å²) < 4.78 is 16.5. The Hall–Kier alpha value is -1.59. The van der Waals surface area contributed by atoms with Crippen LogP contribution >= 0.6 is 0 Å². The molecule has 2 rings (SSSR count). The lowest BCUT2D eigenvalue weighted by atomic mass is 10.1. The zero-order chi connectivity index (χ0) is 14.2. The Kier molecular flexibility index (Phi) is 3.78. The van der Waals surface area contributed by atoms with E-state index >= 15 is 0 Å². The monoisotopic (exact) mass is 289 g/mol. The van der Waals surface area contributed by atoms with Gasteiger partial charge in [-0.3, -0.25) is 4.57 Å². The second kappa shape index (κ2) is 5.19. The third-order valence-electron chi connectivity index (χ3n) is 2.69. The minimum atomic E-state index is -1.53. The maximum Gasteiger partial charge on any atom is 0.351 e. The second-order valence-corrected chi connectivity index (χ2v) is 4.48. The van der Waals surface area contributed by atoms with Crippen LogP contribution in [-0.4, -0.2) is 52.4 Å². The number of aliphatic hydroxyl groups is 3. The quantitative estimate of drug-likeness (QED) is 0.431. The Morgan fingerprint density at radius 3 is 2.74 bits per heavy atom. The summed E-state index contributed by atoms with van der Waals surface area (Å²) in [7, 11) is 0. The summed E-state index contributed by atoms with van der Waals surface area (Å²) in [6.45, 7) is 0. The molecule has 2 heterocycles. The highest BCUT2D eigenvalue weighted by atomic mass is 32.1. The van der Waals surface area contributed by atoms with E-state index in [2.05, 4.69) is 4.98 Å². The van der Waals surface area contributed by atoms with Crippen LogP contribution in [0.1, 0.15) is 6.23 Å². The highest BCUT2D eigenvalue weighted by Crippen LogP contribution is 2.28. The van der Waals surface area contributed by atoms with Crippen molar-refractivity contribution in [2.24, 2.45) is 0 Å². The van der Waals surface area contributed by atoms with Crippen LogP contribution in [0, 0.1) is 0 Å². The minimum Gasteiger partial charge on any atom is -0.387 e. The van der Waals surface area contributed by atoms with Crippen molar-refractivity contribution in [2.75, 3.05) is 5.73 Å². The lowest BCUT2D eigenvalue weighted by Gasteiger charge is -2.16. The summed E-state index contributed by atoms with van der Waals surface area (Å²) in [4.78, 5) is 15.0. The summed E-state index contributed by atoms with van der Waals surface area (Å²) in [5.74, 6) is -0.00430. The Morgan fingerprint density at radius 2 is 2.16 bits per heavy atom. The third kappa shape index (κ3) is 2.43. The molecule has 0 amide bonds. The van der Waals surface area contributed by atoms with Crippen molar-refractivity contribution in [3.63, 3.8) is 0 Å². The lowest BCUT2D eigenvalue weighted by molar-refractivity contribution is -0.0282. The largest absolute Gasteiger partial charge is 0.387 e. The fourth-order valence-electron chi connectivity index (χ4n) is 1.76. The molecular formula is C9H11N3O6S. The average Bonchev–Trinajstić information content (AvgIpc) is 2.66. The zero-order valence-corrected chi connectivity index (χ0v) is 10.2. The molecule has 0 bridgehead atoms. The summed E-state index contributed by atoms with van der Waals surface area (Å²) in [6.07, 6.45) is -4.45. The van der Waals surface area contributed by atoms with Gasteiger partial charge in [0.2, 0.25) is 0 Å². The third-order valence-corrected chi connectivity index (χ3v) is 3.10. The van der Waals surface area contributed by atoms with E-state index < -0.39 is 35.3 Å². The fraction of sp³-hybridized carbons (Fsp3) is 0.444. The summed E-state index contributed by atoms with van der Waals surface area (Å²) in [6, 6.07) is 1.31. The van der Waals surface area contributed by atoms with E-state index in [1.165, 1.54) is 12.3 Å². The number of aromatic nitrogens is 2. The molecule has 0 unspecified atom stereocenters. The SMILES string of the molecule is Nc1ccn([C@@H]2O[C@H](C(O)=S=O)[C@@H](O)[C@H]2O)c(=O)n1. The number of hydrogen-bond donors (Lipinski definition) is 4. The van der Waals surface area contributed by atoms with Crippen molar-refractivity contribution in [3.8, 4) is 0 Å². The van der Waals surface area contributed by atoms with Crippen LogP contribution in [0.25, 0.3) is 0 Å². The molecule has 9 nitrogen and oxygen atoms in total. The van der Waals surface area contributed by atoms with Crippen LogP contribution in [0.2, 0.25) is 0 Å². The van der Waals surface area contributed by atoms with Crippen LogP contribution in [0.3, 0.4) is 0 Å². The van der Waals surface area contributed by atoms with Gasteiger partial charge in [0.05, 0.1) is 0 Å². The van der Waals surface area contributed by atoms with Crippen molar-refractivity contribution < 1.29 is 24.3 Å². The summed E-state index contributed by atoms with van der Waals surface area (Å²) in [5, 5.41) is 28.0. The van der Waals surface area contributed by atoms with Gasteiger partial charge in [0.25, 0.3) is 0 Å². The Morgan fingerprint density at radius 1 is 1.47 bits per heavy atom. The molecule has 0 aromatic carbocycles. The van der Waals surface area contributed by atoms with E-state index in [9.17, 15) is 24.3 Å². The first kappa shape index (κ1) is 13.8. The number of nitrogens with zero attached hydrogens (tertiary/aromatic N) is 2. The molecule has 5 N–H and O–H groups in total. The Bertz CT molecular complexity index is 598. The topological polar surface area (TPSA) is 148 Å². The molecule has 19 heavy (non-hydrogen) atoms. The van der Waals surface area contributed by atoms with E-state index in [1.54, 1.807) is 0 Å². The predicted molar refractivity (Wildman–Crippen MR) is 64.6 cm³/mol. The van der Waals surface area contributed by atoms with Gasteiger partial charge in [-0.1, -0.05) is 0 Å². The maximum absolute atomic E-state index is 11.6. The molecule has 1 fully saturated rings. The van der Waals surface area contributed by atoms with Crippen LogP contribution < -0.4 is 11.4 Å². The molecular weight excluding hydrogens is 278 g/mol. The minimum absolute atomic E-state index is 0.00430. The van der Waals surface area contributed by atoms with E-state index in [-0.39, 0.29) is 17.1 Å². The van der Waals surface area contributed by atoms with Crippen molar-refractivity contribution >= 4 is 22.1 Å². The lowest BCUT2D eigenvalue weighted by Crippen LogP contribution is -2.37. The van der Waals surface area contributed by atoms with Gasteiger partial charge < -0.3 is 25.8 Å². The van der Waals surface area contributed by atoms with Crippen molar-refractivity contribution in [1.82, 2.24) is 9.55 Å². The van der Waals surface area contributed by atoms with Crippen LogP contribution in [0.4, 0.5) is 5.82 Å². The fourth-order valence-corrected chi connectivity index (χ4v) is 2.05. The predicted octanol–water partition coefficient (Wildman–Crippen LogP) is -2.65. The number of ether oxygens (including phenoxy) is 1. The number of nitrogens with two attached hydrogens (primary N) is 1. The van der Waals surface area contributed by atoms with E-state index in [1.807, 2.05) is 0 Å². The molecule has 1 aromatic rings. The number of nitrogen functional groups attached to an aromatic ring is 1. The van der Waals surface area contributed by atoms with Gasteiger partial charge in [0.15, 0.2) is 11.3 Å². The first-order valence-electron chi connectivity index (χ1n) is 5.17. The highest BCUT2D eigenvalue weighted by Gasteiger charge is 2.46. The smallest absolute Gasteiger partial charge is 0.351 e. The van der Waals surface area contributed by atoms with Crippen LogP contribution in [-0.2, 0) is 16.0 Å². The molecule has 104 valence electrons. The molecule has 4 atom stereocenters. The molecule has 1 aliphatic rings. The van der Waals surface area contributed by atoms with E-state index in [0.29, 0.717) is 0 Å². The standard InChI is InChI=1S/C9H11N3O6S/c10-3-1-2-12(9(16)11-3)7-5(14)4(13)6(18-7)8(15)19-17/h1-2,4-7,13-15H,(H2,10,11,16)/t4-,5+,6-,7+/m0/s1. The maximum atomic E-state index is 11.6.